The second-order valence-corrected chi connectivity index (χ2v) is 8.54. The highest BCUT2D eigenvalue weighted by molar-refractivity contribution is 6.30. The van der Waals surface area contributed by atoms with Crippen LogP contribution >= 0.6 is 11.6 Å². The summed E-state index contributed by atoms with van der Waals surface area (Å²) in [6, 6.07) is 16.4. The van der Waals surface area contributed by atoms with Crippen LogP contribution in [0, 0.1) is 5.41 Å². The van der Waals surface area contributed by atoms with Gasteiger partial charge in [-0.15, -0.1) is 0 Å². The van der Waals surface area contributed by atoms with Crippen LogP contribution in [0.2, 0.25) is 5.02 Å². The minimum absolute atomic E-state index is 0.0300. The Balaban J connectivity index is 1.72. The van der Waals surface area contributed by atoms with Gasteiger partial charge in [0.2, 0.25) is 0 Å². The fraction of sp³-hybridized carbons (Fsp3) is 0.375. The van der Waals surface area contributed by atoms with Crippen molar-refractivity contribution in [2.75, 3.05) is 0 Å². The van der Waals surface area contributed by atoms with Gasteiger partial charge < -0.3 is 4.74 Å². The number of hydrogen-bond donors (Lipinski definition) is 0. The van der Waals surface area contributed by atoms with E-state index in [9.17, 15) is 4.79 Å². The summed E-state index contributed by atoms with van der Waals surface area (Å²) in [7, 11) is 0. The highest BCUT2D eigenvalue weighted by Gasteiger charge is 2.53. The zero-order valence-electron chi connectivity index (χ0n) is 15.3. The molecule has 2 aromatic rings. The van der Waals surface area contributed by atoms with Crippen molar-refractivity contribution in [1.82, 2.24) is 0 Å². The number of halogens is 1. The van der Waals surface area contributed by atoms with Crippen LogP contribution in [-0.2, 0) is 16.0 Å². The average Bonchev–Trinajstić information content (AvgIpc) is 2.71. The van der Waals surface area contributed by atoms with Crippen LogP contribution in [0.25, 0.3) is 5.76 Å². The third-order valence-electron chi connectivity index (χ3n) is 6.67. The Morgan fingerprint density at radius 1 is 0.926 bits per heavy atom. The van der Waals surface area contributed by atoms with Gasteiger partial charge in [-0.25, -0.2) is 0 Å². The number of rotatable bonds is 1. The highest BCUT2D eigenvalue weighted by atomic mass is 35.5. The van der Waals surface area contributed by atoms with Crippen LogP contribution in [0.4, 0.5) is 0 Å². The first-order valence-corrected chi connectivity index (χ1v) is 10.4. The Labute approximate surface area is 165 Å². The van der Waals surface area contributed by atoms with Crippen LogP contribution in [0.1, 0.15) is 61.1 Å². The number of hydrogen-bond acceptors (Lipinski definition) is 2. The molecule has 0 radical (unpaired) electrons. The van der Waals surface area contributed by atoms with E-state index in [0.29, 0.717) is 0 Å². The van der Waals surface area contributed by atoms with Gasteiger partial charge in [0.15, 0.2) is 0 Å². The van der Waals surface area contributed by atoms with Gasteiger partial charge in [0.1, 0.15) is 5.76 Å². The van der Waals surface area contributed by atoms with Gasteiger partial charge in [-0.2, -0.15) is 0 Å². The van der Waals surface area contributed by atoms with E-state index in [2.05, 4.69) is 30.3 Å². The lowest BCUT2D eigenvalue weighted by Crippen LogP contribution is -2.45. The molecule has 0 saturated heterocycles. The lowest BCUT2D eigenvalue weighted by atomic mass is 9.59. The van der Waals surface area contributed by atoms with E-state index in [4.69, 9.17) is 16.3 Å². The van der Waals surface area contributed by atoms with Gasteiger partial charge in [0, 0.05) is 16.5 Å². The minimum Gasteiger partial charge on any atom is -0.425 e. The molecule has 1 heterocycles. The first-order chi connectivity index (χ1) is 13.2. The molecule has 1 fully saturated rings. The van der Waals surface area contributed by atoms with Crippen molar-refractivity contribution in [3.8, 4) is 0 Å². The summed E-state index contributed by atoms with van der Waals surface area (Å²) >= 11 is 6.16. The first kappa shape index (κ1) is 17.1. The lowest BCUT2D eigenvalue weighted by Gasteiger charge is -2.47. The van der Waals surface area contributed by atoms with E-state index in [-0.39, 0.29) is 11.9 Å². The maximum Gasteiger partial charge on any atom is 0.318 e. The van der Waals surface area contributed by atoms with E-state index in [1.807, 2.05) is 18.2 Å². The average molecular weight is 379 g/mol. The van der Waals surface area contributed by atoms with Gasteiger partial charge in [-0.3, -0.25) is 4.79 Å². The first-order valence-electron chi connectivity index (χ1n) is 9.98. The molecule has 0 amide bonds. The summed E-state index contributed by atoms with van der Waals surface area (Å²) in [6.07, 6.45) is 7.18. The predicted octanol–water partition coefficient (Wildman–Crippen LogP) is 6.29. The lowest BCUT2D eigenvalue weighted by molar-refractivity contribution is -0.153. The second kappa shape index (κ2) is 6.53. The molecule has 2 aliphatic carbocycles. The standard InChI is InChI=1S/C24H23ClO2/c25-18-11-8-17(9-12-18)21-20-13-10-16-6-2-3-7-19(16)22(20)27-23(26)24(21)14-4-1-5-15-24/h2-3,6-9,11-12,21H,1,4-5,10,13-15H2. The Hall–Kier alpha value is -2.06. The van der Waals surface area contributed by atoms with Gasteiger partial charge in [0.05, 0.1) is 5.41 Å². The van der Waals surface area contributed by atoms with Crippen molar-refractivity contribution >= 4 is 23.3 Å². The minimum atomic E-state index is -0.419. The molecule has 5 rings (SSSR count). The number of allylic oxidation sites excluding steroid dienone is 1. The number of esters is 1. The predicted molar refractivity (Wildman–Crippen MR) is 107 cm³/mol. The monoisotopic (exact) mass is 378 g/mol. The van der Waals surface area contributed by atoms with Crippen LogP contribution in [-0.4, -0.2) is 5.97 Å². The topological polar surface area (TPSA) is 26.3 Å². The molecule has 2 nitrogen and oxygen atoms in total. The Morgan fingerprint density at radius 2 is 1.67 bits per heavy atom. The molecular formula is C24H23ClO2. The molecule has 1 atom stereocenters. The van der Waals surface area contributed by atoms with E-state index in [1.54, 1.807) is 0 Å². The molecule has 1 spiro atoms. The van der Waals surface area contributed by atoms with Crippen LogP contribution in [0.5, 0.6) is 0 Å². The van der Waals surface area contributed by atoms with Crippen molar-refractivity contribution in [2.24, 2.45) is 5.41 Å². The molecule has 1 aliphatic heterocycles. The quantitative estimate of drug-likeness (QED) is 0.545. The third kappa shape index (κ3) is 2.65. The molecule has 0 N–H and O–H groups in total. The summed E-state index contributed by atoms with van der Waals surface area (Å²) in [4.78, 5) is 13.4. The number of benzene rings is 2. The Morgan fingerprint density at radius 3 is 2.44 bits per heavy atom. The maximum atomic E-state index is 13.4. The maximum absolute atomic E-state index is 13.4. The SMILES string of the molecule is O=C1OC2=C(CCc3ccccc32)C(c2ccc(Cl)cc2)C12CCCCC2. The van der Waals surface area contributed by atoms with Gasteiger partial charge in [-0.1, -0.05) is 67.3 Å². The number of carbonyl (C=O) groups is 1. The van der Waals surface area contributed by atoms with Crippen molar-refractivity contribution in [1.29, 1.82) is 0 Å². The van der Waals surface area contributed by atoms with E-state index >= 15 is 0 Å². The van der Waals surface area contributed by atoms with Crippen molar-refractivity contribution in [2.45, 2.75) is 50.9 Å². The van der Waals surface area contributed by atoms with Crippen molar-refractivity contribution in [3.63, 3.8) is 0 Å². The zero-order valence-corrected chi connectivity index (χ0v) is 16.1. The highest BCUT2D eigenvalue weighted by Crippen LogP contribution is 2.58. The third-order valence-corrected chi connectivity index (χ3v) is 6.92. The smallest absolute Gasteiger partial charge is 0.318 e. The largest absolute Gasteiger partial charge is 0.425 e. The molecule has 3 aliphatic rings. The molecule has 2 aromatic carbocycles. The molecule has 0 aromatic heterocycles. The van der Waals surface area contributed by atoms with Crippen molar-refractivity contribution in [3.05, 3.63) is 75.8 Å². The fourth-order valence-electron chi connectivity index (χ4n) is 5.41. The summed E-state index contributed by atoms with van der Waals surface area (Å²) < 4.78 is 6.10. The van der Waals surface area contributed by atoms with Crippen molar-refractivity contribution < 1.29 is 9.53 Å². The van der Waals surface area contributed by atoms with Crippen LogP contribution < -0.4 is 0 Å². The molecule has 1 unspecified atom stereocenters. The van der Waals surface area contributed by atoms with E-state index in [1.165, 1.54) is 23.1 Å². The van der Waals surface area contributed by atoms with Gasteiger partial charge in [0.25, 0.3) is 0 Å². The van der Waals surface area contributed by atoms with E-state index in [0.717, 1.165) is 54.9 Å². The molecule has 0 bridgehead atoms. The Kier molecular flexibility index (Phi) is 4.12. The molecular weight excluding hydrogens is 356 g/mol. The normalized spacial score (nSPS) is 23.6. The molecule has 1 saturated carbocycles. The second-order valence-electron chi connectivity index (χ2n) is 8.10. The number of carbonyl (C=O) groups excluding carboxylic acids is 1. The van der Waals surface area contributed by atoms with Crippen LogP contribution in [0.15, 0.2) is 54.1 Å². The number of fused-ring (bicyclic) bond motifs is 2. The summed E-state index contributed by atoms with van der Waals surface area (Å²) in [6.45, 7) is 0. The molecule has 3 heteroatoms. The molecule has 27 heavy (non-hydrogen) atoms. The summed E-state index contributed by atoms with van der Waals surface area (Å²) in [5, 5.41) is 0.734. The summed E-state index contributed by atoms with van der Waals surface area (Å²) in [5.74, 6) is 0.885. The number of ether oxygens (including phenoxy) is 1. The fourth-order valence-corrected chi connectivity index (χ4v) is 5.53. The molecule has 138 valence electrons. The summed E-state index contributed by atoms with van der Waals surface area (Å²) in [5.41, 5.74) is 4.45. The zero-order chi connectivity index (χ0) is 18.4. The Bertz CT molecular complexity index is 920. The van der Waals surface area contributed by atoms with Gasteiger partial charge >= 0.3 is 5.97 Å². The van der Waals surface area contributed by atoms with E-state index < -0.39 is 5.41 Å². The van der Waals surface area contributed by atoms with Crippen LogP contribution in [0.3, 0.4) is 0 Å². The number of aryl methyl sites for hydroxylation is 1. The van der Waals surface area contributed by atoms with Gasteiger partial charge in [-0.05, 0) is 54.5 Å².